The molecule has 0 aliphatic heterocycles. The molecular formula is C13H12BrClN2S. The minimum atomic E-state index is 0.151. The van der Waals surface area contributed by atoms with Crippen molar-refractivity contribution in [1.82, 2.24) is 4.98 Å². The molecule has 1 aliphatic rings. The molecule has 0 radical (unpaired) electrons. The molecule has 1 aliphatic carbocycles. The van der Waals surface area contributed by atoms with Gasteiger partial charge in [-0.2, -0.15) is 0 Å². The van der Waals surface area contributed by atoms with Crippen LogP contribution in [0.15, 0.2) is 22.7 Å². The molecule has 1 heterocycles. The lowest BCUT2D eigenvalue weighted by Crippen LogP contribution is -2.15. The van der Waals surface area contributed by atoms with Gasteiger partial charge in [-0.25, -0.2) is 4.98 Å². The lowest BCUT2D eigenvalue weighted by atomic mass is 9.99. The van der Waals surface area contributed by atoms with Crippen LogP contribution >= 0.6 is 38.9 Å². The third kappa shape index (κ3) is 2.23. The van der Waals surface area contributed by atoms with Crippen molar-refractivity contribution in [1.29, 1.82) is 0 Å². The Kier molecular flexibility index (Phi) is 3.45. The van der Waals surface area contributed by atoms with Crippen LogP contribution in [0.25, 0.3) is 10.6 Å². The van der Waals surface area contributed by atoms with Crippen LogP contribution in [0.5, 0.6) is 0 Å². The molecule has 0 amide bonds. The van der Waals surface area contributed by atoms with Gasteiger partial charge in [-0.05, 0) is 37.5 Å². The predicted octanol–water partition coefficient (Wildman–Crippen LogP) is 4.56. The van der Waals surface area contributed by atoms with E-state index in [1.54, 1.807) is 11.3 Å². The molecule has 5 heteroatoms. The van der Waals surface area contributed by atoms with E-state index >= 15 is 0 Å². The number of aryl methyl sites for hydroxylation is 1. The van der Waals surface area contributed by atoms with Gasteiger partial charge in [0.1, 0.15) is 5.01 Å². The Labute approximate surface area is 123 Å². The highest BCUT2D eigenvalue weighted by Gasteiger charge is 2.22. The van der Waals surface area contributed by atoms with E-state index in [2.05, 4.69) is 15.9 Å². The maximum absolute atomic E-state index is 6.14. The first-order valence-corrected chi connectivity index (χ1v) is 7.84. The quantitative estimate of drug-likeness (QED) is 0.824. The summed E-state index contributed by atoms with van der Waals surface area (Å²) >= 11 is 11.3. The van der Waals surface area contributed by atoms with Crippen LogP contribution in [-0.2, 0) is 6.42 Å². The Morgan fingerprint density at radius 1 is 1.44 bits per heavy atom. The minimum absolute atomic E-state index is 0.151. The number of nitrogens with zero attached hydrogens (tertiary/aromatic N) is 1. The molecule has 18 heavy (non-hydrogen) atoms. The number of thiazole rings is 1. The number of rotatable bonds is 1. The first-order valence-electron chi connectivity index (χ1n) is 5.86. The number of nitrogens with two attached hydrogens (primary N) is 1. The summed E-state index contributed by atoms with van der Waals surface area (Å²) in [6.45, 7) is 0. The highest BCUT2D eigenvalue weighted by atomic mass is 79.9. The molecule has 0 bridgehead atoms. The predicted molar refractivity (Wildman–Crippen MR) is 80.1 cm³/mol. The van der Waals surface area contributed by atoms with Gasteiger partial charge in [0.15, 0.2) is 0 Å². The molecule has 2 nitrogen and oxygen atoms in total. The zero-order valence-electron chi connectivity index (χ0n) is 9.62. The normalized spacial score (nSPS) is 18.7. The van der Waals surface area contributed by atoms with Crippen LogP contribution in [0, 0.1) is 0 Å². The first-order chi connectivity index (χ1) is 8.65. The van der Waals surface area contributed by atoms with Gasteiger partial charge in [-0.15, -0.1) is 11.3 Å². The van der Waals surface area contributed by atoms with Crippen molar-refractivity contribution in [3.63, 3.8) is 0 Å². The summed E-state index contributed by atoms with van der Waals surface area (Å²) in [5.41, 5.74) is 8.36. The van der Waals surface area contributed by atoms with Crippen molar-refractivity contribution in [3.05, 3.63) is 38.3 Å². The Morgan fingerprint density at radius 2 is 2.28 bits per heavy atom. The van der Waals surface area contributed by atoms with Crippen molar-refractivity contribution >= 4 is 38.9 Å². The van der Waals surface area contributed by atoms with Gasteiger partial charge in [0.25, 0.3) is 0 Å². The Bertz CT molecular complexity index is 597. The molecule has 0 saturated heterocycles. The third-order valence-corrected chi connectivity index (χ3v) is 5.34. The smallest absolute Gasteiger partial charge is 0.125 e. The Balaban J connectivity index is 2.10. The van der Waals surface area contributed by atoms with Gasteiger partial charge in [-0.1, -0.05) is 27.5 Å². The van der Waals surface area contributed by atoms with Gasteiger partial charge >= 0.3 is 0 Å². The number of benzene rings is 1. The zero-order valence-corrected chi connectivity index (χ0v) is 12.8. The molecular weight excluding hydrogens is 332 g/mol. The molecule has 3 rings (SSSR count). The summed E-state index contributed by atoms with van der Waals surface area (Å²) in [4.78, 5) is 5.96. The maximum atomic E-state index is 6.14. The van der Waals surface area contributed by atoms with Crippen molar-refractivity contribution in [2.75, 3.05) is 0 Å². The zero-order chi connectivity index (χ0) is 12.7. The summed E-state index contributed by atoms with van der Waals surface area (Å²) in [5, 5.41) is 1.73. The van der Waals surface area contributed by atoms with Gasteiger partial charge in [0.2, 0.25) is 0 Å². The van der Waals surface area contributed by atoms with Gasteiger partial charge in [0, 0.05) is 26.0 Å². The van der Waals surface area contributed by atoms with E-state index in [4.69, 9.17) is 22.3 Å². The number of hydrogen-bond donors (Lipinski definition) is 1. The molecule has 0 saturated carbocycles. The van der Waals surface area contributed by atoms with Crippen LogP contribution in [-0.4, -0.2) is 4.98 Å². The second-order valence-electron chi connectivity index (χ2n) is 4.45. The average molecular weight is 344 g/mol. The number of halogens is 2. The molecule has 1 atom stereocenters. The number of aromatic nitrogens is 1. The number of hydrogen-bond acceptors (Lipinski definition) is 3. The lowest BCUT2D eigenvalue weighted by molar-refractivity contribution is 0.573. The van der Waals surface area contributed by atoms with Crippen molar-refractivity contribution in [2.24, 2.45) is 5.73 Å². The summed E-state index contributed by atoms with van der Waals surface area (Å²) in [5.74, 6) is 0. The Hall–Kier alpha value is -0.420. The standard InChI is InChI=1S/C13H12BrClN2S/c14-9-5-4-7(15)6-8(9)13-17-11-3-1-2-10(16)12(11)18-13/h4-6,10H,1-3,16H2. The average Bonchev–Trinajstić information content (AvgIpc) is 2.77. The van der Waals surface area contributed by atoms with Crippen LogP contribution in [0.1, 0.15) is 29.5 Å². The van der Waals surface area contributed by atoms with Gasteiger partial charge < -0.3 is 5.73 Å². The highest BCUT2D eigenvalue weighted by molar-refractivity contribution is 9.10. The minimum Gasteiger partial charge on any atom is -0.323 e. The van der Waals surface area contributed by atoms with Crippen LogP contribution in [0.2, 0.25) is 5.02 Å². The highest BCUT2D eigenvalue weighted by Crippen LogP contribution is 2.39. The second kappa shape index (κ2) is 4.93. The number of fused-ring (bicyclic) bond motifs is 1. The topological polar surface area (TPSA) is 38.9 Å². The van der Waals surface area contributed by atoms with E-state index < -0.39 is 0 Å². The molecule has 1 aromatic heterocycles. The summed E-state index contributed by atoms with van der Waals surface area (Å²) < 4.78 is 1.02. The second-order valence-corrected chi connectivity index (χ2v) is 6.77. The molecule has 94 valence electrons. The van der Waals surface area contributed by atoms with Crippen LogP contribution in [0.3, 0.4) is 0 Å². The van der Waals surface area contributed by atoms with E-state index in [1.807, 2.05) is 18.2 Å². The van der Waals surface area contributed by atoms with Crippen LogP contribution in [0.4, 0.5) is 0 Å². The van der Waals surface area contributed by atoms with Gasteiger partial charge in [0.05, 0.1) is 5.69 Å². The van der Waals surface area contributed by atoms with E-state index in [0.717, 1.165) is 39.3 Å². The summed E-state index contributed by atoms with van der Waals surface area (Å²) in [6.07, 6.45) is 3.23. The molecule has 2 N–H and O–H groups in total. The van der Waals surface area contributed by atoms with Crippen molar-refractivity contribution in [3.8, 4) is 10.6 Å². The fraction of sp³-hybridized carbons (Fsp3) is 0.308. The maximum Gasteiger partial charge on any atom is 0.125 e. The molecule has 1 aromatic carbocycles. The molecule has 0 fully saturated rings. The molecule has 0 spiro atoms. The van der Waals surface area contributed by atoms with E-state index in [-0.39, 0.29) is 6.04 Å². The van der Waals surface area contributed by atoms with E-state index in [1.165, 1.54) is 10.6 Å². The fourth-order valence-corrected chi connectivity index (χ4v) is 4.14. The Morgan fingerprint density at radius 3 is 3.06 bits per heavy atom. The van der Waals surface area contributed by atoms with Crippen molar-refractivity contribution in [2.45, 2.75) is 25.3 Å². The molecule has 2 aromatic rings. The monoisotopic (exact) mass is 342 g/mol. The van der Waals surface area contributed by atoms with E-state index in [9.17, 15) is 0 Å². The van der Waals surface area contributed by atoms with Crippen molar-refractivity contribution < 1.29 is 0 Å². The summed E-state index contributed by atoms with van der Waals surface area (Å²) in [7, 11) is 0. The fourth-order valence-electron chi connectivity index (χ4n) is 2.23. The van der Waals surface area contributed by atoms with E-state index in [0.29, 0.717) is 0 Å². The first kappa shape index (κ1) is 12.6. The lowest BCUT2D eigenvalue weighted by Gasteiger charge is -2.15. The third-order valence-electron chi connectivity index (χ3n) is 3.15. The van der Waals surface area contributed by atoms with Crippen LogP contribution < -0.4 is 5.73 Å². The SMILES string of the molecule is NC1CCCc2nc(-c3cc(Cl)ccc3Br)sc21. The largest absolute Gasteiger partial charge is 0.323 e. The summed E-state index contributed by atoms with van der Waals surface area (Å²) in [6, 6.07) is 5.92. The van der Waals surface area contributed by atoms with Gasteiger partial charge in [-0.3, -0.25) is 0 Å². The molecule has 1 unspecified atom stereocenters.